The highest BCUT2D eigenvalue weighted by molar-refractivity contribution is 8.00. The van der Waals surface area contributed by atoms with E-state index in [0.29, 0.717) is 16.3 Å². The number of carboxylic acid groups (broad SMARTS) is 1. The third-order valence-corrected chi connectivity index (χ3v) is 6.00. The van der Waals surface area contributed by atoms with Crippen molar-refractivity contribution in [1.29, 1.82) is 0 Å². The van der Waals surface area contributed by atoms with E-state index in [1.165, 1.54) is 30.0 Å². The molecule has 0 fully saturated rings. The fraction of sp³-hybridized carbons (Fsp3) is 0.125. The highest BCUT2D eigenvalue weighted by atomic mass is 35.5. The van der Waals surface area contributed by atoms with Gasteiger partial charge in [0.2, 0.25) is 11.8 Å². The molecule has 0 saturated carbocycles. The Kier molecular flexibility index (Phi) is 8.46. The number of carbonyl (C=O) groups excluding carboxylic acids is 2. The fourth-order valence-electron chi connectivity index (χ4n) is 2.91. The van der Waals surface area contributed by atoms with Gasteiger partial charge < -0.3 is 15.7 Å². The van der Waals surface area contributed by atoms with Crippen molar-refractivity contribution >= 4 is 52.5 Å². The smallest absolute Gasteiger partial charge is 0.303 e. The number of carboxylic acids is 1. The lowest BCUT2D eigenvalue weighted by Crippen LogP contribution is -2.19. The molecule has 3 aromatic carbocycles. The monoisotopic (exact) mass is 486 g/mol. The topological polar surface area (TPSA) is 95.5 Å². The van der Waals surface area contributed by atoms with Crippen LogP contribution in [0.25, 0.3) is 0 Å². The summed E-state index contributed by atoms with van der Waals surface area (Å²) in [6.45, 7) is 0. The zero-order valence-electron chi connectivity index (χ0n) is 17.3. The Balaban J connectivity index is 1.78. The standard InChI is InChI=1S/C24H20ClFN2O4S/c25-19-14-17(9-10-20(19)26)28-24(32)23(15-5-2-1-3-6-15)33-18-8-4-7-16(13-18)27-21(29)11-12-22(30)31/h1-10,13-14,23H,11-12H2,(H,27,29)(H,28,32)(H,30,31). The molecule has 1 atom stereocenters. The highest BCUT2D eigenvalue weighted by Crippen LogP contribution is 2.37. The summed E-state index contributed by atoms with van der Waals surface area (Å²) in [5.41, 5.74) is 1.62. The van der Waals surface area contributed by atoms with Gasteiger partial charge in [-0.1, -0.05) is 48.0 Å². The van der Waals surface area contributed by atoms with Crippen LogP contribution in [-0.2, 0) is 14.4 Å². The lowest BCUT2D eigenvalue weighted by molar-refractivity contribution is -0.138. The molecule has 0 bridgehead atoms. The number of halogens is 2. The zero-order chi connectivity index (χ0) is 23.8. The Morgan fingerprint density at radius 1 is 0.909 bits per heavy atom. The van der Waals surface area contributed by atoms with E-state index in [1.54, 1.807) is 24.3 Å². The van der Waals surface area contributed by atoms with Gasteiger partial charge in [-0.25, -0.2) is 4.39 Å². The van der Waals surface area contributed by atoms with Crippen molar-refractivity contribution < 1.29 is 23.9 Å². The molecule has 2 amide bonds. The van der Waals surface area contributed by atoms with Crippen LogP contribution < -0.4 is 10.6 Å². The quantitative estimate of drug-likeness (QED) is 0.334. The number of aliphatic carboxylic acids is 1. The van der Waals surface area contributed by atoms with E-state index in [2.05, 4.69) is 10.6 Å². The number of carbonyl (C=O) groups is 3. The van der Waals surface area contributed by atoms with Gasteiger partial charge in [0.15, 0.2) is 0 Å². The molecular weight excluding hydrogens is 467 g/mol. The molecule has 3 aromatic rings. The fourth-order valence-corrected chi connectivity index (χ4v) is 4.17. The Bertz CT molecular complexity index is 1160. The van der Waals surface area contributed by atoms with Crippen molar-refractivity contribution in [2.75, 3.05) is 10.6 Å². The lowest BCUT2D eigenvalue weighted by Gasteiger charge is -2.18. The molecule has 0 spiro atoms. The zero-order valence-corrected chi connectivity index (χ0v) is 18.8. The molecule has 0 heterocycles. The number of hydrogen-bond donors (Lipinski definition) is 3. The van der Waals surface area contributed by atoms with Gasteiger partial charge in [0.25, 0.3) is 0 Å². The Morgan fingerprint density at radius 2 is 1.64 bits per heavy atom. The van der Waals surface area contributed by atoms with Crippen molar-refractivity contribution in [3.05, 3.63) is 89.2 Å². The maximum absolute atomic E-state index is 13.5. The Hall–Kier alpha value is -3.36. The number of amides is 2. The van der Waals surface area contributed by atoms with Gasteiger partial charge in [-0.05, 0) is 42.0 Å². The molecule has 3 rings (SSSR count). The lowest BCUT2D eigenvalue weighted by atomic mass is 10.1. The van der Waals surface area contributed by atoms with Crippen LogP contribution in [0.2, 0.25) is 5.02 Å². The first kappa shape index (κ1) is 24.3. The molecule has 0 radical (unpaired) electrons. The van der Waals surface area contributed by atoms with E-state index in [4.69, 9.17) is 16.7 Å². The van der Waals surface area contributed by atoms with Crippen molar-refractivity contribution in [3.63, 3.8) is 0 Å². The molecule has 33 heavy (non-hydrogen) atoms. The number of thioether (sulfide) groups is 1. The van der Waals surface area contributed by atoms with Gasteiger partial charge in [0.05, 0.1) is 11.4 Å². The minimum absolute atomic E-state index is 0.0944. The van der Waals surface area contributed by atoms with Crippen LogP contribution in [0.3, 0.4) is 0 Å². The maximum Gasteiger partial charge on any atom is 0.303 e. The van der Waals surface area contributed by atoms with Crippen molar-refractivity contribution in [3.8, 4) is 0 Å². The van der Waals surface area contributed by atoms with Crippen LogP contribution in [0.4, 0.5) is 15.8 Å². The van der Waals surface area contributed by atoms with E-state index in [1.807, 2.05) is 30.3 Å². The molecule has 3 N–H and O–H groups in total. The van der Waals surface area contributed by atoms with Gasteiger partial charge in [0, 0.05) is 22.7 Å². The molecule has 0 aliphatic heterocycles. The minimum atomic E-state index is -1.05. The van der Waals surface area contributed by atoms with E-state index >= 15 is 0 Å². The average Bonchev–Trinajstić information content (AvgIpc) is 2.79. The molecule has 6 nitrogen and oxygen atoms in total. The number of rotatable bonds is 9. The second-order valence-electron chi connectivity index (χ2n) is 7.00. The summed E-state index contributed by atoms with van der Waals surface area (Å²) in [6, 6.07) is 20.0. The normalized spacial score (nSPS) is 11.5. The van der Waals surface area contributed by atoms with Crippen LogP contribution in [0.5, 0.6) is 0 Å². The summed E-state index contributed by atoms with van der Waals surface area (Å²) in [6.07, 6.45) is -0.397. The first-order valence-electron chi connectivity index (χ1n) is 9.91. The molecule has 0 aromatic heterocycles. The summed E-state index contributed by atoms with van der Waals surface area (Å²) in [5, 5.41) is 13.4. The average molecular weight is 487 g/mol. The molecule has 9 heteroatoms. The second kappa shape index (κ2) is 11.5. The Labute approximate surface area is 199 Å². The maximum atomic E-state index is 13.5. The summed E-state index contributed by atoms with van der Waals surface area (Å²) < 4.78 is 13.5. The van der Waals surface area contributed by atoms with Gasteiger partial charge >= 0.3 is 5.97 Å². The third-order valence-electron chi connectivity index (χ3n) is 4.47. The molecular formula is C24H20ClFN2O4S. The number of hydrogen-bond acceptors (Lipinski definition) is 4. The van der Waals surface area contributed by atoms with Gasteiger partial charge in [-0.15, -0.1) is 11.8 Å². The molecule has 0 aliphatic rings. The van der Waals surface area contributed by atoms with Crippen LogP contribution in [0.1, 0.15) is 23.7 Å². The van der Waals surface area contributed by atoms with Crippen LogP contribution >= 0.6 is 23.4 Å². The largest absolute Gasteiger partial charge is 0.481 e. The SMILES string of the molecule is O=C(O)CCC(=O)Nc1cccc(SC(C(=O)Nc2ccc(F)c(Cl)c2)c2ccccc2)c1. The molecule has 1 unspecified atom stereocenters. The van der Waals surface area contributed by atoms with E-state index in [9.17, 15) is 18.8 Å². The van der Waals surface area contributed by atoms with E-state index < -0.39 is 22.9 Å². The summed E-state index contributed by atoms with van der Waals surface area (Å²) >= 11 is 7.10. The second-order valence-corrected chi connectivity index (χ2v) is 8.58. The third kappa shape index (κ3) is 7.34. The van der Waals surface area contributed by atoms with Crippen molar-refractivity contribution in [2.24, 2.45) is 0 Å². The number of benzene rings is 3. The summed E-state index contributed by atoms with van der Waals surface area (Å²) in [5.74, 6) is -2.37. The molecule has 170 valence electrons. The van der Waals surface area contributed by atoms with Gasteiger partial charge in [-0.2, -0.15) is 0 Å². The minimum Gasteiger partial charge on any atom is -0.481 e. The first-order valence-corrected chi connectivity index (χ1v) is 11.2. The van der Waals surface area contributed by atoms with Crippen molar-refractivity contribution in [2.45, 2.75) is 23.0 Å². The van der Waals surface area contributed by atoms with Crippen LogP contribution in [0, 0.1) is 5.82 Å². The van der Waals surface area contributed by atoms with Crippen molar-refractivity contribution in [1.82, 2.24) is 0 Å². The predicted molar refractivity (Wildman–Crippen MR) is 127 cm³/mol. The van der Waals surface area contributed by atoms with Gasteiger partial charge in [-0.3, -0.25) is 14.4 Å². The van der Waals surface area contributed by atoms with E-state index in [0.717, 1.165) is 5.56 Å². The highest BCUT2D eigenvalue weighted by Gasteiger charge is 2.23. The number of nitrogens with one attached hydrogen (secondary N) is 2. The first-order chi connectivity index (χ1) is 15.8. The molecule has 0 aliphatic carbocycles. The van der Waals surface area contributed by atoms with Gasteiger partial charge in [0.1, 0.15) is 11.1 Å². The van der Waals surface area contributed by atoms with Crippen LogP contribution in [0.15, 0.2) is 77.7 Å². The summed E-state index contributed by atoms with van der Waals surface area (Å²) in [4.78, 5) is 36.4. The summed E-state index contributed by atoms with van der Waals surface area (Å²) in [7, 11) is 0. The Morgan fingerprint density at radius 3 is 2.33 bits per heavy atom. The predicted octanol–water partition coefficient (Wildman–Crippen LogP) is 5.75. The van der Waals surface area contributed by atoms with Crippen LogP contribution in [-0.4, -0.2) is 22.9 Å². The van der Waals surface area contributed by atoms with E-state index in [-0.39, 0.29) is 23.8 Å². The number of anilines is 2. The molecule has 0 saturated heterocycles.